The van der Waals surface area contributed by atoms with Crippen LogP contribution in [-0.4, -0.2) is 24.0 Å². The van der Waals surface area contributed by atoms with Crippen LogP contribution in [0, 0.1) is 11.8 Å². The maximum absolute atomic E-state index is 3.60. The number of thiophene rings is 1. The molecule has 1 aromatic heterocycles. The van der Waals surface area contributed by atoms with Crippen LogP contribution in [-0.2, 0) is 13.1 Å². The third-order valence-electron chi connectivity index (χ3n) is 3.49. The standard InChI is InChI=1S/C17H30N2S/c1-13(2)10-19(11-14(3)4)12-17-8-7-16(20-17)9-18-15-5-6-15/h7-8,13-15,18H,5-6,9-12H2,1-4H3. The molecule has 0 bridgehead atoms. The highest BCUT2D eigenvalue weighted by atomic mass is 32.1. The first kappa shape index (κ1) is 16.0. The first-order valence-corrected chi connectivity index (χ1v) is 8.88. The van der Waals surface area contributed by atoms with Gasteiger partial charge in [-0.05, 0) is 36.8 Å². The van der Waals surface area contributed by atoms with Crippen molar-refractivity contribution in [3.05, 3.63) is 21.9 Å². The Morgan fingerprint density at radius 3 is 2.25 bits per heavy atom. The molecule has 1 aliphatic rings. The Kier molecular flexibility index (Phi) is 6.06. The normalized spacial score (nSPS) is 15.8. The molecule has 0 aromatic carbocycles. The smallest absolute Gasteiger partial charge is 0.0328 e. The highest BCUT2D eigenvalue weighted by molar-refractivity contribution is 7.11. The maximum atomic E-state index is 3.60. The fourth-order valence-electron chi connectivity index (χ4n) is 2.59. The lowest BCUT2D eigenvalue weighted by molar-refractivity contribution is 0.213. The van der Waals surface area contributed by atoms with Gasteiger partial charge in [0, 0.05) is 42.0 Å². The number of nitrogens with zero attached hydrogens (tertiary/aromatic N) is 1. The van der Waals surface area contributed by atoms with Crippen LogP contribution < -0.4 is 5.32 Å². The van der Waals surface area contributed by atoms with Crippen molar-refractivity contribution in [2.24, 2.45) is 11.8 Å². The first-order chi connectivity index (χ1) is 9.52. The summed E-state index contributed by atoms with van der Waals surface area (Å²) >= 11 is 1.98. The van der Waals surface area contributed by atoms with E-state index in [-0.39, 0.29) is 0 Å². The van der Waals surface area contributed by atoms with Gasteiger partial charge < -0.3 is 5.32 Å². The van der Waals surface area contributed by atoms with E-state index in [4.69, 9.17) is 0 Å². The average molecular weight is 295 g/mol. The van der Waals surface area contributed by atoms with Gasteiger partial charge in [-0.15, -0.1) is 11.3 Å². The summed E-state index contributed by atoms with van der Waals surface area (Å²) in [4.78, 5) is 5.61. The average Bonchev–Trinajstić information content (AvgIpc) is 3.06. The summed E-state index contributed by atoms with van der Waals surface area (Å²) in [6, 6.07) is 5.43. The van der Waals surface area contributed by atoms with E-state index >= 15 is 0 Å². The van der Waals surface area contributed by atoms with Gasteiger partial charge in [0.25, 0.3) is 0 Å². The molecule has 0 radical (unpaired) electrons. The largest absolute Gasteiger partial charge is 0.309 e. The number of rotatable bonds is 9. The van der Waals surface area contributed by atoms with Crippen molar-refractivity contribution in [1.82, 2.24) is 10.2 Å². The minimum absolute atomic E-state index is 0.740. The third kappa shape index (κ3) is 5.94. The lowest BCUT2D eigenvalue weighted by atomic mass is 10.1. The fourth-order valence-corrected chi connectivity index (χ4v) is 3.60. The lowest BCUT2D eigenvalue weighted by Crippen LogP contribution is -2.30. The van der Waals surface area contributed by atoms with E-state index in [9.17, 15) is 0 Å². The number of nitrogens with one attached hydrogen (secondary N) is 1. The summed E-state index contributed by atoms with van der Waals surface area (Å²) in [6.45, 7) is 13.8. The van der Waals surface area contributed by atoms with E-state index in [2.05, 4.69) is 50.0 Å². The third-order valence-corrected chi connectivity index (χ3v) is 4.56. The van der Waals surface area contributed by atoms with E-state index in [1.54, 1.807) is 0 Å². The monoisotopic (exact) mass is 294 g/mol. The molecule has 1 heterocycles. The van der Waals surface area contributed by atoms with E-state index in [1.165, 1.54) is 35.7 Å². The first-order valence-electron chi connectivity index (χ1n) is 8.06. The van der Waals surface area contributed by atoms with Gasteiger partial charge >= 0.3 is 0 Å². The van der Waals surface area contributed by atoms with Crippen molar-refractivity contribution in [3.8, 4) is 0 Å². The zero-order chi connectivity index (χ0) is 14.5. The quantitative estimate of drug-likeness (QED) is 0.737. The Hall–Kier alpha value is -0.380. The number of hydrogen-bond donors (Lipinski definition) is 1. The van der Waals surface area contributed by atoms with Crippen LogP contribution in [0.5, 0.6) is 0 Å². The molecule has 0 spiro atoms. The minimum atomic E-state index is 0.740. The topological polar surface area (TPSA) is 15.3 Å². The molecule has 3 heteroatoms. The van der Waals surface area contributed by atoms with E-state index < -0.39 is 0 Å². The van der Waals surface area contributed by atoms with Crippen LogP contribution in [0.1, 0.15) is 50.3 Å². The SMILES string of the molecule is CC(C)CN(Cc1ccc(CNC2CC2)s1)CC(C)C. The molecule has 2 rings (SSSR count). The lowest BCUT2D eigenvalue weighted by Gasteiger charge is -2.25. The molecule has 0 amide bonds. The predicted molar refractivity (Wildman–Crippen MR) is 89.1 cm³/mol. The van der Waals surface area contributed by atoms with Crippen molar-refractivity contribution in [2.75, 3.05) is 13.1 Å². The summed E-state index contributed by atoms with van der Waals surface area (Å²) < 4.78 is 0. The summed E-state index contributed by atoms with van der Waals surface area (Å²) in [5.41, 5.74) is 0. The molecule has 1 fully saturated rings. The van der Waals surface area contributed by atoms with Gasteiger partial charge in [0.15, 0.2) is 0 Å². The minimum Gasteiger partial charge on any atom is -0.309 e. The van der Waals surface area contributed by atoms with Gasteiger partial charge in [-0.3, -0.25) is 4.90 Å². The van der Waals surface area contributed by atoms with Gasteiger partial charge in [0.2, 0.25) is 0 Å². The van der Waals surface area contributed by atoms with Crippen LogP contribution in [0.15, 0.2) is 12.1 Å². The summed E-state index contributed by atoms with van der Waals surface area (Å²) in [5, 5.41) is 3.60. The molecule has 1 aliphatic carbocycles. The second-order valence-electron chi connectivity index (χ2n) is 7.00. The van der Waals surface area contributed by atoms with Gasteiger partial charge in [-0.25, -0.2) is 0 Å². The molecule has 1 aromatic rings. The molecular formula is C17H30N2S. The molecule has 1 N–H and O–H groups in total. The van der Waals surface area contributed by atoms with E-state index in [1.807, 2.05) is 11.3 Å². The fraction of sp³-hybridized carbons (Fsp3) is 0.765. The van der Waals surface area contributed by atoms with Crippen LogP contribution in [0.2, 0.25) is 0 Å². The molecule has 0 atom stereocenters. The highest BCUT2D eigenvalue weighted by Gasteiger charge is 2.20. The molecule has 0 saturated heterocycles. The Morgan fingerprint density at radius 1 is 1.10 bits per heavy atom. The van der Waals surface area contributed by atoms with Gasteiger partial charge in [0.05, 0.1) is 0 Å². The van der Waals surface area contributed by atoms with E-state index in [0.717, 1.165) is 31.0 Å². The van der Waals surface area contributed by atoms with Crippen molar-refractivity contribution in [2.45, 2.75) is 59.7 Å². The van der Waals surface area contributed by atoms with Crippen molar-refractivity contribution in [1.29, 1.82) is 0 Å². The summed E-state index contributed by atoms with van der Waals surface area (Å²) in [5.74, 6) is 1.48. The second-order valence-corrected chi connectivity index (χ2v) is 8.26. The van der Waals surface area contributed by atoms with Crippen LogP contribution in [0.4, 0.5) is 0 Å². The Bertz CT molecular complexity index is 383. The number of hydrogen-bond acceptors (Lipinski definition) is 3. The Labute approximate surface area is 128 Å². The molecule has 0 aliphatic heterocycles. The van der Waals surface area contributed by atoms with Crippen molar-refractivity contribution < 1.29 is 0 Å². The Morgan fingerprint density at radius 2 is 1.70 bits per heavy atom. The van der Waals surface area contributed by atoms with Crippen LogP contribution >= 0.6 is 11.3 Å². The highest BCUT2D eigenvalue weighted by Crippen LogP contribution is 2.23. The molecule has 1 saturated carbocycles. The molecule has 20 heavy (non-hydrogen) atoms. The maximum Gasteiger partial charge on any atom is 0.0328 e. The van der Waals surface area contributed by atoms with Gasteiger partial charge in [-0.2, -0.15) is 0 Å². The summed E-state index contributed by atoms with van der Waals surface area (Å²) in [7, 11) is 0. The van der Waals surface area contributed by atoms with Crippen LogP contribution in [0.3, 0.4) is 0 Å². The van der Waals surface area contributed by atoms with Crippen LogP contribution in [0.25, 0.3) is 0 Å². The molecular weight excluding hydrogens is 264 g/mol. The van der Waals surface area contributed by atoms with E-state index in [0.29, 0.717) is 0 Å². The molecule has 2 nitrogen and oxygen atoms in total. The zero-order valence-electron chi connectivity index (χ0n) is 13.5. The second kappa shape index (κ2) is 7.58. The Balaban J connectivity index is 1.84. The van der Waals surface area contributed by atoms with Crippen molar-refractivity contribution in [3.63, 3.8) is 0 Å². The zero-order valence-corrected chi connectivity index (χ0v) is 14.3. The summed E-state index contributed by atoms with van der Waals surface area (Å²) in [6.07, 6.45) is 2.74. The van der Waals surface area contributed by atoms with Gasteiger partial charge in [-0.1, -0.05) is 27.7 Å². The molecule has 0 unspecified atom stereocenters. The van der Waals surface area contributed by atoms with Gasteiger partial charge in [0.1, 0.15) is 0 Å². The molecule has 114 valence electrons. The predicted octanol–water partition coefficient (Wildman–Crippen LogP) is 4.11. The van der Waals surface area contributed by atoms with Crippen molar-refractivity contribution >= 4 is 11.3 Å².